The smallest absolute Gasteiger partial charge is 0.337 e. The molecule has 0 fully saturated rings. The Balaban J connectivity index is 2.02. The average molecular weight is 284 g/mol. The van der Waals surface area contributed by atoms with E-state index in [1.807, 2.05) is 0 Å². The fourth-order valence-electron chi connectivity index (χ4n) is 1.42. The first-order valence-corrected chi connectivity index (χ1v) is 6.68. The lowest BCUT2D eigenvalue weighted by Crippen LogP contribution is -2.36. The molecule has 5 N–H and O–H groups in total. The van der Waals surface area contributed by atoms with E-state index < -0.39 is 16.1 Å². The number of primary sulfonamides is 1. The van der Waals surface area contributed by atoms with Crippen molar-refractivity contribution in [1.82, 2.24) is 10.0 Å². The lowest BCUT2D eigenvalue weighted by Gasteiger charge is -2.18. The van der Waals surface area contributed by atoms with Crippen molar-refractivity contribution < 1.29 is 13.2 Å². The first-order chi connectivity index (χ1) is 8.86. The van der Waals surface area contributed by atoms with Gasteiger partial charge in [0.2, 0.25) is 10.0 Å². The Morgan fingerprint density at radius 2 is 1.95 bits per heavy atom. The second kappa shape index (κ2) is 4.74. The van der Waals surface area contributed by atoms with Crippen LogP contribution in [0.5, 0.6) is 0 Å². The summed E-state index contributed by atoms with van der Waals surface area (Å²) >= 11 is 0. The number of hydrogen-bond acceptors (Lipinski definition) is 6. The Morgan fingerprint density at radius 3 is 2.42 bits per heavy atom. The third-order valence-electron chi connectivity index (χ3n) is 2.33. The predicted molar refractivity (Wildman–Crippen MR) is 68.1 cm³/mol. The quantitative estimate of drug-likeness (QED) is 0.672. The SMILES string of the molecule is NC(=O)N1CN(Nc2ccc(S(N)(=O)=O)cc2)C=N1. The Bertz CT molecular complexity index is 611. The number of hydrazone groups is 1. The molecule has 102 valence electrons. The Labute approximate surface area is 109 Å². The van der Waals surface area contributed by atoms with Crippen molar-refractivity contribution in [3.63, 3.8) is 0 Å². The summed E-state index contributed by atoms with van der Waals surface area (Å²) < 4.78 is 22.1. The van der Waals surface area contributed by atoms with Crippen LogP contribution in [-0.4, -0.2) is 37.5 Å². The molecule has 0 bridgehead atoms. The van der Waals surface area contributed by atoms with Gasteiger partial charge in [0.05, 0.1) is 10.6 Å². The van der Waals surface area contributed by atoms with Gasteiger partial charge >= 0.3 is 6.03 Å². The Morgan fingerprint density at radius 1 is 1.32 bits per heavy atom. The molecule has 2 rings (SSSR count). The van der Waals surface area contributed by atoms with Crippen molar-refractivity contribution in [2.75, 3.05) is 12.1 Å². The number of primary amides is 1. The molecular weight excluding hydrogens is 272 g/mol. The molecule has 19 heavy (non-hydrogen) atoms. The number of carbonyl (C=O) groups is 1. The van der Waals surface area contributed by atoms with Crippen LogP contribution in [0.1, 0.15) is 0 Å². The van der Waals surface area contributed by atoms with E-state index >= 15 is 0 Å². The van der Waals surface area contributed by atoms with Gasteiger partial charge in [-0.15, -0.1) is 0 Å². The molecule has 0 unspecified atom stereocenters. The Hall–Kier alpha value is -2.33. The summed E-state index contributed by atoms with van der Waals surface area (Å²) in [5.41, 5.74) is 8.58. The maximum absolute atomic E-state index is 11.1. The van der Waals surface area contributed by atoms with Crippen LogP contribution < -0.4 is 16.3 Å². The fourth-order valence-corrected chi connectivity index (χ4v) is 1.93. The molecule has 1 heterocycles. The number of rotatable bonds is 3. The number of urea groups is 1. The number of nitrogens with zero attached hydrogens (tertiary/aromatic N) is 3. The molecule has 0 radical (unpaired) electrons. The summed E-state index contributed by atoms with van der Waals surface area (Å²) in [6.07, 6.45) is 1.39. The summed E-state index contributed by atoms with van der Waals surface area (Å²) in [4.78, 5) is 10.9. The van der Waals surface area contributed by atoms with Gasteiger partial charge in [-0.1, -0.05) is 0 Å². The predicted octanol–water partition coefficient (Wildman–Crippen LogP) is -0.742. The molecule has 0 aliphatic carbocycles. The number of nitrogens with one attached hydrogen (secondary N) is 1. The van der Waals surface area contributed by atoms with Crippen molar-refractivity contribution >= 4 is 28.1 Å². The van der Waals surface area contributed by atoms with Crippen LogP contribution in [0.2, 0.25) is 0 Å². The zero-order valence-electron chi connectivity index (χ0n) is 9.72. The molecule has 2 amide bonds. The van der Waals surface area contributed by atoms with Gasteiger partial charge in [-0.05, 0) is 24.3 Å². The summed E-state index contributed by atoms with van der Waals surface area (Å²) in [6, 6.07) is 5.17. The molecule has 1 aromatic carbocycles. The zero-order chi connectivity index (χ0) is 14.0. The molecule has 0 saturated carbocycles. The summed E-state index contributed by atoms with van der Waals surface area (Å²) in [5.74, 6) is 0. The molecular formula is C9H12N6O3S. The van der Waals surface area contributed by atoms with Gasteiger partial charge in [0.15, 0.2) is 0 Å². The van der Waals surface area contributed by atoms with Crippen molar-refractivity contribution in [3.8, 4) is 0 Å². The van der Waals surface area contributed by atoms with E-state index in [9.17, 15) is 13.2 Å². The number of hydrogen-bond donors (Lipinski definition) is 3. The third-order valence-corrected chi connectivity index (χ3v) is 3.26. The van der Waals surface area contributed by atoms with Crippen LogP contribution in [0, 0.1) is 0 Å². The maximum atomic E-state index is 11.1. The average Bonchev–Trinajstić information content (AvgIpc) is 2.77. The number of carbonyl (C=O) groups excluding carboxylic acids is 1. The topological polar surface area (TPSA) is 134 Å². The van der Waals surface area contributed by atoms with E-state index in [1.54, 1.807) is 12.1 Å². The minimum Gasteiger partial charge on any atom is -0.350 e. The highest BCUT2D eigenvalue weighted by Crippen LogP contribution is 2.14. The maximum Gasteiger partial charge on any atom is 0.337 e. The van der Waals surface area contributed by atoms with Crippen LogP contribution in [0.3, 0.4) is 0 Å². The van der Waals surface area contributed by atoms with Gasteiger partial charge in [-0.2, -0.15) is 10.1 Å². The molecule has 1 aliphatic rings. The van der Waals surface area contributed by atoms with Crippen LogP contribution in [-0.2, 0) is 10.0 Å². The fraction of sp³-hybridized carbons (Fsp3) is 0.111. The zero-order valence-corrected chi connectivity index (χ0v) is 10.5. The number of anilines is 1. The molecule has 10 heteroatoms. The van der Waals surface area contributed by atoms with E-state index in [4.69, 9.17) is 10.9 Å². The number of benzene rings is 1. The van der Waals surface area contributed by atoms with E-state index in [0.717, 1.165) is 5.01 Å². The van der Waals surface area contributed by atoms with Crippen LogP contribution in [0.25, 0.3) is 0 Å². The molecule has 9 nitrogen and oxygen atoms in total. The molecule has 1 aromatic rings. The third kappa shape index (κ3) is 3.11. The highest BCUT2D eigenvalue weighted by atomic mass is 32.2. The molecule has 0 saturated heterocycles. The molecule has 1 aliphatic heterocycles. The second-order valence-electron chi connectivity index (χ2n) is 3.76. The Kier molecular flexibility index (Phi) is 3.27. The van der Waals surface area contributed by atoms with Crippen molar-refractivity contribution in [2.24, 2.45) is 16.0 Å². The minimum absolute atomic E-state index is 0.0203. The summed E-state index contributed by atoms with van der Waals surface area (Å²) in [6.45, 7) is 0.159. The normalized spacial score (nSPS) is 14.8. The molecule has 0 aromatic heterocycles. The van der Waals surface area contributed by atoms with Gasteiger partial charge in [0.1, 0.15) is 13.0 Å². The van der Waals surface area contributed by atoms with E-state index in [1.165, 1.54) is 23.5 Å². The number of amides is 2. The summed E-state index contributed by atoms with van der Waals surface area (Å²) in [5, 5.41) is 11.3. The van der Waals surface area contributed by atoms with E-state index in [-0.39, 0.29) is 11.6 Å². The lowest BCUT2D eigenvalue weighted by molar-refractivity contribution is 0.203. The first kappa shape index (κ1) is 13.1. The number of nitrogens with two attached hydrogens (primary N) is 2. The first-order valence-electron chi connectivity index (χ1n) is 5.13. The van der Waals surface area contributed by atoms with Crippen molar-refractivity contribution in [2.45, 2.75) is 4.90 Å². The monoisotopic (exact) mass is 284 g/mol. The van der Waals surface area contributed by atoms with Crippen molar-refractivity contribution in [3.05, 3.63) is 24.3 Å². The lowest BCUT2D eigenvalue weighted by atomic mass is 10.3. The van der Waals surface area contributed by atoms with Gasteiger partial charge in [0, 0.05) is 0 Å². The number of hydrazine groups is 1. The highest BCUT2D eigenvalue weighted by Gasteiger charge is 2.17. The van der Waals surface area contributed by atoms with Crippen LogP contribution in [0.4, 0.5) is 10.5 Å². The largest absolute Gasteiger partial charge is 0.350 e. The van der Waals surface area contributed by atoms with Gasteiger partial charge in [-0.3, -0.25) is 10.4 Å². The van der Waals surface area contributed by atoms with E-state index in [0.29, 0.717) is 5.69 Å². The second-order valence-corrected chi connectivity index (χ2v) is 5.32. The van der Waals surface area contributed by atoms with Crippen molar-refractivity contribution in [1.29, 1.82) is 0 Å². The minimum atomic E-state index is -3.70. The summed E-state index contributed by atoms with van der Waals surface area (Å²) in [7, 11) is -3.70. The van der Waals surface area contributed by atoms with Gasteiger partial charge in [-0.25, -0.2) is 18.4 Å². The molecule has 0 spiro atoms. The molecule has 0 atom stereocenters. The number of sulfonamides is 1. The van der Waals surface area contributed by atoms with Gasteiger partial charge in [0.25, 0.3) is 0 Å². The van der Waals surface area contributed by atoms with E-state index in [2.05, 4.69) is 10.5 Å². The standard InChI is InChI=1S/C9H12N6O3S/c10-9(16)15-6-14(5-12-15)13-7-1-3-8(4-2-7)19(11,17)18/h1-5,13H,6H2,(H2,10,16)(H2,11,17,18). The van der Waals surface area contributed by atoms with Crippen LogP contribution in [0.15, 0.2) is 34.3 Å². The van der Waals surface area contributed by atoms with Crippen LogP contribution >= 0.6 is 0 Å². The highest BCUT2D eigenvalue weighted by molar-refractivity contribution is 7.89. The van der Waals surface area contributed by atoms with Gasteiger partial charge < -0.3 is 5.73 Å².